The molecule has 3 N–H and O–H groups in total. The molecule has 7 nitrogen and oxygen atoms in total. The third kappa shape index (κ3) is 4.42. The Morgan fingerprint density at radius 1 is 1.30 bits per heavy atom. The fourth-order valence-corrected chi connectivity index (χ4v) is 4.39. The molecule has 0 spiro atoms. The highest BCUT2D eigenvalue weighted by atomic mass is 19.3. The summed E-state index contributed by atoms with van der Waals surface area (Å²) in [7, 11) is 0. The number of nitrogens with zero attached hydrogens (tertiary/aromatic N) is 2. The predicted octanol–water partition coefficient (Wildman–Crippen LogP) is 4.14. The Bertz CT molecular complexity index is 1190. The fourth-order valence-electron chi connectivity index (χ4n) is 4.39. The predicted molar refractivity (Wildman–Crippen MR) is 121 cm³/mol. The first-order valence-corrected chi connectivity index (χ1v) is 11.3. The second-order valence-electron chi connectivity index (χ2n) is 9.10. The van der Waals surface area contributed by atoms with Crippen LogP contribution in [-0.4, -0.2) is 46.1 Å². The zero-order chi connectivity index (χ0) is 23.1. The number of amides is 1. The van der Waals surface area contributed by atoms with E-state index in [0.29, 0.717) is 57.9 Å². The molecule has 1 aliphatic heterocycles. The number of nitrogens with one attached hydrogen (secondary N) is 3. The average Bonchev–Trinajstić information content (AvgIpc) is 3.43. The Morgan fingerprint density at radius 3 is 2.82 bits per heavy atom. The molecule has 9 heteroatoms. The molecular formula is C24H27F2N5O2. The zero-order valence-corrected chi connectivity index (χ0v) is 18.6. The maximum Gasteiger partial charge on any atom is 0.263 e. The molecule has 3 heterocycles. The van der Waals surface area contributed by atoms with E-state index in [2.05, 4.69) is 32.5 Å². The summed E-state index contributed by atoms with van der Waals surface area (Å²) < 4.78 is 33.0. The monoisotopic (exact) mass is 455 g/mol. The number of H-pyrrole nitrogens is 1. The van der Waals surface area contributed by atoms with Crippen molar-refractivity contribution in [2.45, 2.75) is 51.6 Å². The quantitative estimate of drug-likeness (QED) is 0.498. The number of alkyl halides is 2. The number of hydrogen-bond donors (Lipinski definition) is 3. The minimum absolute atomic E-state index is 0.0447. The zero-order valence-electron chi connectivity index (χ0n) is 18.6. The number of ether oxygens (including phenoxy) is 1. The lowest BCUT2D eigenvalue weighted by Gasteiger charge is -2.13. The number of fused-ring (bicyclic) bond motifs is 1. The van der Waals surface area contributed by atoms with Crippen molar-refractivity contribution >= 4 is 16.9 Å². The fraction of sp³-hybridized carbons (Fsp3) is 0.458. The Labute approximate surface area is 190 Å². The van der Waals surface area contributed by atoms with Gasteiger partial charge >= 0.3 is 0 Å². The molecule has 33 heavy (non-hydrogen) atoms. The van der Waals surface area contributed by atoms with Crippen LogP contribution in [0.15, 0.2) is 24.5 Å². The number of rotatable bonds is 7. The molecule has 0 unspecified atom stereocenters. The molecule has 1 saturated heterocycles. The van der Waals surface area contributed by atoms with E-state index in [9.17, 15) is 13.6 Å². The van der Waals surface area contributed by atoms with Crippen LogP contribution in [0.5, 0.6) is 5.75 Å². The van der Waals surface area contributed by atoms with Crippen LogP contribution < -0.4 is 15.4 Å². The lowest BCUT2D eigenvalue weighted by Crippen LogP contribution is -2.36. The van der Waals surface area contributed by atoms with Gasteiger partial charge < -0.3 is 20.4 Å². The maximum absolute atomic E-state index is 13.5. The van der Waals surface area contributed by atoms with Crippen molar-refractivity contribution in [3.63, 3.8) is 0 Å². The first kappa shape index (κ1) is 21.8. The van der Waals surface area contributed by atoms with Gasteiger partial charge in [-0.1, -0.05) is 0 Å². The van der Waals surface area contributed by atoms with Gasteiger partial charge in [0.05, 0.1) is 17.7 Å². The molecule has 3 aromatic rings. The van der Waals surface area contributed by atoms with Gasteiger partial charge in [-0.2, -0.15) is 0 Å². The number of aromatic amines is 1. The molecule has 1 aliphatic carbocycles. The highest BCUT2D eigenvalue weighted by Crippen LogP contribution is 2.38. The Morgan fingerprint density at radius 2 is 2.12 bits per heavy atom. The van der Waals surface area contributed by atoms with E-state index in [1.54, 1.807) is 13.0 Å². The van der Waals surface area contributed by atoms with Crippen LogP contribution in [0.1, 0.15) is 54.2 Å². The molecule has 2 atom stereocenters. The van der Waals surface area contributed by atoms with E-state index < -0.39 is 6.43 Å². The lowest BCUT2D eigenvalue weighted by atomic mass is 10.0. The lowest BCUT2D eigenvalue weighted by molar-refractivity contribution is 0.0940. The SMILES string of the molecule is Cc1[nH]c2c(-c3cc(C(F)F)ccc3OCC3CC3)ncnc2c1C(=O)N[C@@H]1CN[C@H](C)C1. The molecule has 5 rings (SSSR count). The van der Waals surface area contributed by atoms with Crippen molar-refractivity contribution in [1.29, 1.82) is 0 Å². The molecule has 0 radical (unpaired) electrons. The van der Waals surface area contributed by atoms with E-state index >= 15 is 0 Å². The molecule has 174 valence electrons. The van der Waals surface area contributed by atoms with Crippen molar-refractivity contribution < 1.29 is 18.3 Å². The Kier molecular flexibility index (Phi) is 5.74. The summed E-state index contributed by atoms with van der Waals surface area (Å²) >= 11 is 0. The van der Waals surface area contributed by atoms with Crippen LogP contribution >= 0.6 is 0 Å². The second-order valence-corrected chi connectivity index (χ2v) is 9.10. The molecule has 2 aliphatic rings. The summed E-state index contributed by atoms with van der Waals surface area (Å²) in [5, 5.41) is 6.40. The largest absolute Gasteiger partial charge is 0.493 e. The summed E-state index contributed by atoms with van der Waals surface area (Å²) in [6, 6.07) is 4.76. The molecule has 2 aromatic heterocycles. The maximum atomic E-state index is 13.5. The highest BCUT2D eigenvalue weighted by Gasteiger charge is 2.27. The summed E-state index contributed by atoms with van der Waals surface area (Å²) in [5.74, 6) is 0.792. The smallest absolute Gasteiger partial charge is 0.263 e. The number of hydrogen-bond acceptors (Lipinski definition) is 5. The molecule has 1 aromatic carbocycles. The van der Waals surface area contributed by atoms with Gasteiger partial charge in [-0.05, 0) is 57.2 Å². The second kappa shape index (κ2) is 8.70. The van der Waals surface area contributed by atoms with Crippen LogP contribution in [0.4, 0.5) is 8.78 Å². The van der Waals surface area contributed by atoms with Gasteiger partial charge in [-0.25, -0.2) is 18.7 Å². The van der Waals surface area contributed by atoms with Gasteiger partial charge in [0.15, 0.2) is 0 Å². The summed E-state index contributed by atoms with van der Waals surface area (Å²) in [4.78, 5) is 25.1. The highest BCUT2D eigenvalue weighted by molar-refractivity contribution is 6.09. The van der Waals surface area contributed by atoms with E-state index in [0.717, 1.165) is 25.8 Å². The number of aryl methyl sites for hydroxylation is 1. The van der Waals surface area contributed by atoms with Crippen LogP contribution in [0.3, 0.4) is 0 Å². The number of halogens is 2. The van der Waals surface area contributed by atoms with Crippen LogP contribution in [-0.2, 0) is 0 Å². The first-order valence-electron chi connectivity index (χ1n) is 11.3. The van der Waals surface area contributed by atoms with E-state index in [1.165, 1.54) is 18.5 Å². The van der Waals surface area contributed by atoms with Crippen molar-refractivity contribution in [2.75, 3.05) is 13.2 Å². The van der Waals surface area contributed by atoms with Gasteiger partial charge in [-0.15, -0.1) is 0 Å². The van der Waals surface area contributed by atoms with Crippen LogP contribution in [0.2, 0.25) is 0 Å². The summed E-state index contributed by atoms with van der Waals surface area (Å²) in [6.07, 6.45) is 1.83. The summed E-state index contributed by atoms with van der Waals surface area (Å²) in [6.45, 7) is 5.14. The van der Waals surface area contributed by atoms with Gasteiger partial charge in [0, 0.05) is 35.4 Å². The molecule has 0 bridgehead atoms. The number of aromatic nitrogens is 3. The van der Waals surface area contributed by atoms with Gasteiger partial charge in [0.25, 0.3) is 12.3 Å². The number of benzene rings is 1. The van der Waals surface area contributed by atoms with Crippen LogP contribution in [0.25, 0.3) is 22.3 Å². The minimum Gasteiger partial charge on any atom is -0.493 e. The minimum atomic E-state index is -2.62. The van der Waals surface area contributed by atoms with Crippen molar-refractivity contribution in [3.05, 3.63) is 41.3 Å². The molecule has 2 fully saturated rings. The van der Waals surface area contributed by atoms with E-state index in [-0.39, 0.29) is 17.5 Å². The molecular weight excluding hydrogens is 428 g/mol. The van der Waals surface area contributed by atoms with Gasteiger partial charge in [0.2, 0.25) is 0 Å². The van der Waals surface area contributed by atoms with Crippen molar-refractivity contribution in [1.82, 2.24) is 25.6 Å². The summed E-state index contributed by atoms with van der Waals surface area (Å²) in [5.41, 5.74) is 2.87. The number of carbonyl (C=O) groups is 1. The van der Waals surface area contributed by atoms with E-state index in [4.69, 9.17) is 4.74 Å². The topological polar surface area (TPSA) is 91.9 Å². The molecule has 1 amide bonds. The average molecular weight is 456 g/mol. The standard InChI is InChI=1S/C24H27F2N5O2/c1-12-7-16(9-27-12)31-24(32)19-13(2)30-22-20(28-11-29-21(19)22)17-8-15(23(25)26)5-6-18(17)33-10-14-3-4-14/h5-6,8,11-12,14,16,23,27,30H,3-4,7,9-10H2,1-2H3,(H,31,32)/t12-,16+/m1/s1. The number of carbonyl (C=O) groups excluding carboxylic acids is 1. The van der Waals surface area contributed by atoms with Crippen LogP contribution in [0, 0.1) is 12.8 Å². The third-order valence-electron chi connectivity index (χ3n) is 6.37. The van der Waals surface area contributed by atoms with Crippen molar-refractivity contribution in [2.24, 2.45) is 5.92 Å². The normalized spacial score (nSPS) is 20.5. The first-order chi connectivity index (χ1) is 15.9. The Hall–Kier alpha value is -3.07. The Balaban J connectivity index is 1.54. The van der Waals surface area contributed by atoms with Gasteiger partial charge in [0.1, 0.15) is 23.3 Å². The van der Waals surface area contributed by atoms with Crippen molar-refractivity contribution in [3.8, 4) is 17.0 Å². The van der Waals surface area contributed by atoms with Gasteiger partial charge in [-0.3, -0.25) is 4.79 Å². The van der Waals surface area contributed by atoms with E-state index in [1.807, 2.05) is 0 Å². The molecule has 1 saturated carbocycles. The third-order valence-corrected chi connectivity index (χ3v) is 6.37.